The molecule has 0 saturated heterocycles. The van der Waals surface area contributed by atoms with Gasteiger partial charge >= 0.3 is 0 Å². The third kappa shape index (κ3) is 4.64. The molecule has 0 bridgehead atoms. The van der Waals surface area contributed by atoms with Gasteiger partial charge in [-0.3, -0.25) is 0 Å². The molecule has 0 unspecified atom stereocenters. The molecular formula is C20H20O4. The molecule has 24 heavy (non-hydrogen) atoms. The van der Waals surface area contributed by atoms with Crippen LogP contribution in [-0.2, 0) is 4.74 Å². The Morgan fingerprint density at radius 2 is 1.25 bits per heavy atom. The van der Waals surface area contributed by atoms with Crippen LogP contribution < -0.4 is 9.47 Å². The van der Waals surface area contributed by atoms with Gasteiger partial charge in [0.1, 0.15) is 30.5 Å². The minimum Gasteiger partial charge on any atom is -0.508 e. The first kappa shape index (κ1) is 16.1. The van der Waals surface area contributed by atoms with Crippen molar-refractivity contribution in [2.75, 3.05) is 26.4 Å². The number of ether oxygens (including phenoxy) is 3. The minimum atomic E-state index is 0.226. The summed E-state index contributed by atoms with van der Waals surface area (Å²) in [5, 5.41) is 11.6. The summed E-state index contributed by atoms with van der Waals surface area (Å²) < 4.78 is 16.7. The van der Waals surface area contributed by atoms with Gasteiger partial charge in [0.05, 0.1) is 13.2 Å². The van der Waals surface area contributed by atoms with Gasteiger partial charge in [-0.05, 0) is 47.2 Å². The largest absolute Gasteiger partial charge is 0.508 e. The molecule has 0 aliphatic heterocycles. The van der Waals surface area contributed by atoms with Crippen LogP contribution in [0.25, 0.3) is 10.8 Å². The predicted molar refractivity (Wildman–Crippen MR) is 93.9 cm³/mol. The van der Waals surface area contributed by atoms with Crippen LogP contribution in [0.4, 0.5) is 0 Å². The smallest absolute Gasteiger partial charge is 0.120 e. The molecule has 0 amide bonds. The fourth-order valence-electron chi connectivity index (χ4n) is 2.34. The topological polar surface area (TPSA) is 47.9 Å². The van der Waals surface area contributed by atoms with Crippen LogP contribution in [0.5, 0.6) is 17.2 Å². The highest BCUT2D eigenvalue weighted by molar-refractivity contribution is 5.83. The van der Waals surface area contributed by atoms with E-state index in [1.54, 1.807) is 24.3 Å². The van der Waals surface area contributed by atoms with Gasteiger partial charge in [0.15, 0.2) is 0 Å². The van der Waals surface area contributed by atoms with Gasteiger partial charge in [-0.15, -0.1) is 0 Å². The van der Waals surface area contributed by atoms with Crippen molar-refractivity contribution in [3.8, 4) is 17.2 Å². The van der Waals surface area contributed by atoms with Gasteiger partial charge < -0.3 is 19.3 Å². The summed E-state index contributed by atoms with van der Waals surface area (Å²) in [4.78, 5) is 0. The van der Waals surface area contributed by atoms with Gasteiger partial charge in [0, 0.05) is 0 Å². The van der Waals surface area contributed by atoms with Crippen molar-refractivity contribution in [2.24, 2.45) is 0 Å². The third-order valence-electron chi connectivity index (χ3n) is 3.55. The molecule has 0 aliphatic rings. The van der Waals surface area contributed by atoms with Crippen LogP contribution in [0.1, 0.15) is 0 Å². The summed E-state index contributed by atoms with van der Waals surface area (Å²) in [5.41, 5.74) is 0. The summed E-state index contributed by atoms with van der Waals surface area (Å²) in [5.74, 6) is 1.78. The molecular weight excluding hydrogens is 304 g/mol. The summed E-state index contributed by atoms with van der Waals surface area (Å²) in [6.45, 7) is 1.95. The fourth-order valence-corrected chi connectivity index (χ4v) is 2.34. The lowest BCUT2D eigenvalue weighted by atomic mass is 10.1. The first-order valence-corrected chi connectivity index (χ1v) is 7.92. The fraction of sp³-hybridized carbons (Fsp3) is 0.200. The highest BCUT2D eigenvalue weighted by Crippen LogP contribution is 2.20. The van der Waals surface area contributed by atoms with Crippen molar-refractivity contribution in [2.45, 2.75) is 0 Å². The lowest BCUT2D eigenvalue weighted by Gasteiger charge is -2.09. The van der Waals surface area contributed by atoms with Gasteiger partial charge in [-0.2, -0.15) is 0 Å². The molecule has 0 spiro atoms. The van der Waals surface area contributed by atoms with Crippen molar-refractivity contribution in [1.29, 1.82) is 0 Å². The second-order valence-corrected chi connectivity index (χ2v) is 5.31. The van der Waals surface area contributed by atoms with Crippen molar-refractivity contribution < 1.29 is 19.3 Å². The molecule has 0 aromatic heterocycles. The Balaban J connectivity index is 1.32. The van der Waals surface area contributed by atoms with Crippen molar-refractivity contribution >= 4 is 10.8 Å². The summed E-state index contributed by atoms with van der Waals surface area (Å²) in [6.07, 6.45) is 0. The van der Waals surface area contributed by atoms with E-state index in [4.69, 9.17) is 14.2 Å². The molecule has 0 fully saturated rings. The van der Waals surface area contributed by atoms with E-state index in [-0.39, 0.29) is 5.75 Å². The number of hydrogen-bond acceptors (Lipinski definition) is 4. The molecule has 4 heteroatoms. The second kappa shape index (κ2) is 8.22. The second-order valence-electron chi connectivity index (χ2n) is 5.31. The zero-order valence-corrected chi connectivity index (χ0v) is 13.4. The quantitative estimate of drug-likeness (QED) is 0.636. The van der Waals surface area contributed by atoms with Crippen molar-refractivity contribution in [3.63, 3.8) is 0 Å². The van der Waals surface area contributed by atoms with Crippen molar-refractivity contribution in [3.05, 3.63) is 66.7 Å². The molecule has 124 valence electrons. The minimum absolute atomic E-state index is 0.226. The Kier molecular flexibility index (Phi) is 5.53. The number of fused-ring (bicyclic) bond motifs is 1. The molecule has 0 heterocycles. The van der Waals surface area contributed by atoms with Crippen LogP contribution in [0.3, 0.4) is 0 Å². The van der Waals surface area contributed by atoms with Crippen LogP contribution >= 0.6 is 0 Å². The Morgan fingerprint density at radius 3 is 2.00 bits per heavy atom. The number of benzene rings is 3. The van der Waals surface area contributed by atoms with Crippen LogP contribution in [-0.4, -0.2) is 31.5 Å². The molecule has 3 rings (SSSR count). The highest BCUT2D eigenvalue weighted by atomic mass is 16.5. The molecule has 3 aromatic carbocycles. The summed E-state index contributed by atoms with van der Waals surface area (Å²) in [6, 6.07) is 20.9. The lowest BCUT2D eigenvalue weighted by Crippen LogP contribution is -2.12. The van der Waals surface area contributed by atoms with E-state index in [1.807, 2.05) is 24.3 Å². The lowest BCUT2D eigenvalue weighted by molar-refractivity contribution is 0.0764. The highest BCUT2D eigenvalue weighted by Gasteiger charge is 1.98. The van der Waals surface area contributed by atoms with Gasteiger partial charge in [-0.1, -0.05) is 30.3 Å². The van der Waals surface area contributed by atoms with E-state index in [0.29, 0.717) is 32.2 Å². The molecule has 0 radical (unpaired) electrons. The zero-order valence-electron chi connectivity index (χ0n) is 13.4. The third-order valence-corrected chi connectivity index (χ3v) is 3.55. The SMILES string of the molecule is Oc1ccc(OCCOCCOc2ccc3ccccc3c2)cc1. The average Bonchev–Trinajstić information content (AvgIpc) is 2.62. The van der Waals surface area contributed by atoms with Crippen LogP contribution in [0.15, 0.2) is 66.7 Å². The first-order chi connectivity index (χ1) is 11.8. The normalized spacial score (nSPS) is 10.7. The maximum atomic E-state index is 9.18. The Bertz CT molecular complexity index is 768. The Morgan fingerprint density at radius 1 is 0.625 bits per heavy atom. The summed E-state index contributed by atoms with van der Waals surface area (Å²) >= 11 is 0. The predicted octanol–water partition coefficient (Wildman–Crippen LogP) is 4.02. The van der Waals surface area contributed by atoms with E-state index in [9.17, 15) is 5.11 Å². The number of aromatic hydroxyl groups is 1. The van der Waals surface area contributed by atoms with Gasteiger partial charge in [0.25, 0.3) is 0 Å². The van der Waals surface area contributed by atoms with E-state index in [1.165, 1.54) is 10.8 Å². The van der Waals surface area contributed by atoms with Gasteiger partial charge in [0.2, 0.25) is 0 Å². The average molecular weight is 324 g/mol. The van der Waals surface area contributed by atoms with E-state index >= 15 is 0 Å². The Hall–Kier alpha value is -2.72. The number of rotatable bonds is 8. The molecule has 3 aromatic rings. The molecule has 1 N–H and O–H groups in total. The maximum Gasteiger partial charge on any atom is 0.120 e. The van der Waals surface area contributed by atoms with Crippen molar-refractivity contribution in [1.82, 2.24) is 0 Å². The number of hydrogen-bond donors (Lipinski definition) is 1. The van der Waals surface area contributed by atoms with E-state index in [2.05, 4.69) is 18.2 Å². The molecule has 0 aliphatic carbocycles. The number of phenols is 1. The number of phenolic OH excluding ortho intramolecular Hbond substituents is 1. The maximum absolute atomic E-state index is 9.18. The van der Waals surface area contributed by atoms with Gasteiger partial charge in [-0.25, -0.2) is 0 Å². The van der Waals surface area contributed by atoms with Crippen LogP contribution in [0.2, 0.25) is 0 Å². The zero-order chi connectivity index (χ0) is 16.6. The monoisotopic (exact) mass is 324 g/mol. The molecule has 0 atom stereocenters. The summed E-state index contributed by atoms with van der Waals surface area (Å²) in [7, 11) is 0. The van der Waals surface area contributed by atoms with E-state index in [0.717, 1.165) is 5.75 Å². The van der Waals surface area contributed by atoms with E-state index < -0.39 is 0 Å². The molecule has 0 saturated carbocycles. The standard InChI is InChI=1S/C20H20O4/c21-18-6-9-19(10-7-18)23-13-11-22-12-14-24-20-8-5-16-3-1-2-4-17(16)15-20/h1-10,15,21H,11-14H2. The van der Waals surface area contributed by atoms with Crippen LogP contribution in [0, 0.1) is 0 Å². The first-order valence-electron chi connectivity index (χ1n) is 7.92. The Labute approximate surface area is 141 Å². The molecule has 4 nitrogen and oxygen atoms in total.